The summed E-state index contributed by atoms with van der Waals surface area (Å²) in [7, 11) is -11.3. The minimum Gasteiger partial charge on any atom is -0.265 e. The van der Waals surface area contributed by atoms with Crippen molar-refractivity contribution in [3.63, 3.8) is 0 Å². The lowest BCUT2D eigenvalue weighted by molar-refractivity contribution is 0.431. The molecule has 1 fully saturated rings. The summed E-state index contributed by atoms with van der Waals surface area (Å²) in [6.07, 6.45) is 3.79. The molecule has 1 aromatic heterocycles. The molecule has 8 nitrogen and oxygen atoms in total. The highest BCUT2D eigenvalue weighted by Crippen LogP contribution is 2.27. The quantitative estimate of drug-likeness (QED) is 0.568. The maximum Gasteiger partial charge on any atom is 0.243 e. The molecule has 0 unspecified atom stereocenters. The molecular weight excluding hydrogens is 448 g/mol. The van der Waals surface area contributed by atoms with Crippen LogP contribution in [0.25, 0.3) is 0 Å². The van der Waals surface area contributed by atoms with Crippen molar-refractivity contribution in [3.05, 3.63) is 54.4 Å². The molecule has 0 amide bonds. The molecule has 30 heavy (non-hydrogen) atoms. The van der Waals surface area contributed by atoms with E-state index in [4.69, 9.17) is 0 Å². The fraction of sp³-hybridized carbons (Fsp3) is 0.421. The zero-order chi connectivity index (χ0) is 22.0. The van der Waals surface area contributed by atoms with E-state index in [9.17, 15) is 25.3 Å². The van der Waals surface area contributed by atoms with Gasteiger partial charge >= 0.3 is 0 Å². The Balaban J connectivity index is 1.86. The number of hydrogen-bond acceptors (Lipinski definition) is 7. The lowest BCUT2D eigenvalue weighted by Gasteiger charge is -2.21. The van der Waals surface area contributed by atoms with Crippen LogP contribution in [0.3, 0.4) is 0 Å². The van der Waals surface area contributed by atoms with E-state index in [1.807, 2.05) is 12.1 Å². The van der Waals surface area contributed by atoms with Crippen molar-refractivity contribution < 1.29 is 25.3 Å². The van der Waals surface area contributed by atoms with Crippen molar-refractivity contribution in [3.8, 4) is 0 Å². The second-order valence-electron chi connectivity index (χ2n) is 7.15. The predicted octanol–water partition coefficient (Wildman–Crippen LogP) is 1.30. The van der Waals surface area contributed by atoms with Gasteiger partial charge in [-0.2, -0.15) is 4.31 Å². The number of rotatable bonds is 8. The van der Waals surface area contributed by atoms with Gasteiger partial charge in [0.15, 0.2) is 19.7 Å². The van der Waals surface area contributed by atoms with E-state index < -0.39 is 40.7 Å². The van der Waals surface area contributed by atoms with Crippen LogP contribution >= 0.6 is 0 Å². The minimum atomic E-state index is -3.95. The number of sulfonamides is 1. The third kappa shape index (κ3) is 4.90. The molecule has 3 rings (SSSR count). The van der Waals surface area contributed by atoms with Crippen molar-refractivity contribution in [2.24, 2.45) is 0 Å². The fourth-order valence-corrected chi connectivity index (χ4v) is 9.38. The van der Waals surface area contributed by atoms with E-state index >= 15 is 0 Å². The normalized spacial score (nSPS) is 19.2. The Morgan fingerprint density at radius 3 is 2.33 bits per heavy atom. The van der Waals surface area contributed by atoms with Crippen molar-refractivity contribution in [1.29, 1.82) is 0 Å². The third-order valence-corrected chi connectivity index (χ3v) is 11.3. The Labute approximate surface area is 177 Å². The molecule has 1 aliphatic rings. The van der Waals surface area contributed by atoms with Crippen LogP contribution in [-0.4, -0.2) is 64.4 Å². The summed E-state index contributed by atoms with van der Waals surface area (Å²) < 4.78 is 76.6. The largest absolute Gasteiger partial charge is 0.265 e. The maximum absolute atomic E-state index is 13.1. The van der Waals surface area contributed by atoms with E-state index in [1.54, 1.807) is 19.3 Å². The van der Waals surface area contributed by atoms with Crippen molar-refractivity contribution in [1.82, 2.24) is 9.29 Å². The smallest absolute Gasteiger partial charge is 0.243 e. The zero-order valence-electron chi connectivity index (χ0n) is 16.5. The van der Waals surface area contributed by atoms with Crippen LogP contribution in [0, 0.1) is 0 Å². The topological polar surface area (TPSA) is 119 Å². The van der Waals surface area contributed by atoms with Gasteiger partial charge in [-0.1, -0.05) is 13.0 Å². The molecule has 0 saturated carbocycles. The predicted molar refractivity (Wildman–Crippen MR) is 113 cm³/mol. The highest BCUT2D eigenvalue weighted by Gasteiger charge is 2.38. The molecule has 1 saturated heterocycles. The molecule has 2 heterocycles. The average molecular weight is 473 g/mol. The van der Waals surface area contributed by atoms with Crippen LogP contribution in [0.4, 0.5) is 0 Å². The van der Waals surface area contributed by atoms with Gasteiger partial charge in [0, 0.05) is 25.5 Å². The number of nitrogens with zero attached hydrogens (tertiary/aromatic N) is 2. The fourth-order valence-electron chi connectivity index (χ4n) is 3.41. The molecule has 0 spiro atoms. The number of benzene rings is 1. The van der Waals surface area contributed by atoms with Gasteiger partial charge in [-0.3, -0.25) is 4.98 Å². The summed E-state index contributed by atoms with van der Waals surface area (Å²) in [6, 6.07) is 8.79. The van der Waals surface area contributed by atoms with E-state index in [2.05, 4.69) is 4.98 Å². The standard InChI is InChI=1S/C19H24N2O6S3/c1-2-21(12-8-16-6-10-20-11-7-16)30(26,27)18-5-3-4-17(14-18)29(24,25)19-9-13-28(22,23)15-19/h3-7,10-11,14,19H,2,8-9,12-13,15H2,1H3/t19-/m0/s1. The summed E-state index contributed by atoms with van der Waals surface area (Å²) in [4.78, 5) is 3.64. The number of pyridine rings is 1. The summed E-state index contributed by atoms with van der Waals surface area (Å²) in [5, 5.41) is -1.05. The van der Waals surface area contributed by atoms with Crippen LogP contribution in [0.15, 0.2) is 58.6 Å². The first-order valence-corrected chi connectivity index (χ1v) is 14.3. The van der Waals surface area contributed by atoms with Crippen LogP contribution in [0.1, 0.15) is 18.9 Å². The van der Waals surface area contributed by atoms with Gasteiger partial charge in [-0.25, -0.2) is 25.3 Å². The summed E-state index contributed by atoms with van der Waals surface area (Å²) >= 11 is 0. The van der Waals surface area contributed by atoms with E-state index in [0.29, 0.717) is 6.42 Å². The van der Waals surface area contributed by atoms with E-state index in [0.717, 1.165) is 11.6 Å². The van der Waals surface area contributed by atoms with Gasteiger partial charge < -0.3 is 0 Å². The number of sulfone groups is 2. The third-order valence-electron chi connectivity index (χ3n) is 5.15. The van der Waals surface area contributed by atoms with Gasteiger partial charge in [0.05, 0.1) is 26.5 Å². The van der Waals surface area contributed by atoms with Crippen LogP contribution in [0.2, 0.25) is 0 Å². The van der Waals surface area contributed by atoms with Crippen molar-refractivity contribution in [2.75, 3.05) is 24.6 Å². The first-order valence-electron chi connectivity index (χ1n) is 9.50. The highest BCUT2D eigenvalue weighted by molar-refractivity contribution is 7.96. The molecule has 1 aromatic carbocycles. The van der Waals surface area contributed by atoms with Crippen LogP contribution in [0.5, 0.6) is 0 Å². The Morgan fingerprint density at radius 2 is 1.73 bits per heavy atom. The Hall–Kier alpha value is -1.82. The van der Waals surface area contributed by atoms with Gasteiger partial charge in [0.1, 0.15) is 0 Å². The number of aromatic nitrogens is 1. The monoisotopic (exact) mass is 472 g/mol. The number of likely N-dealkylation sites (N-methyl/N-ethyl adjacent to an activating group) is 1. The lowest BCUT2D eigenvalue weighted by Crippen LogP contribution is -2.33. The summed E-state index contributed by atoms with van der Waals surface area (Å²) in [6.45, 7) is 2.18. The first-order chi connectivity index (χ1) is 14.1. The molecular formula is C19H24N2O6S3. The Kier molecular flexibility index (Phi) is 6.66. The molecule has 11 heteroatoms. The highest BCUT2D eigenvalue weighted by atomic mass is 32.2. The zero-order valence-corrected chi connectivity index (χ0v) is 19.0. The molecule has 0 bridgehead atoms. The molecule has 0 radical (unpaired) electrons. The number of hydrogen-bond donors (Lipinski definition) is 0. The average Bonchev–Trinajstić information content (AvgIpc) is 3.10. The molecule has 1 atom stereocenters. The molecule has 0 N–H and O–H groups in total. The van der Waals surface area contributed by atoms with E-state index in [1.165, 1.54) is 22.5 Å². The second-order valence-corrected chi connectivity index (χ2v) is 13.5. The Morgan fingerprint density at radius 1 is 1.07 bits per heavy atom. The molecule has 1 aliphatic heterocycles. The summed E-state index contributed by atoms with van der Waals surface area (Å²) in [5.74, 6) is -0.604. The molecule has 164 valence electrons. The van der Waals surface area contributed by atoms with Gasteiger partial charge in [-0.15, -0.1) is 0 Å². The molecule has 2 aromatic rings. The SMILES string of the molecule is CCN(CCc1ccncc1)S(=O)(=O)c1cccc(S(=O)(=O)[C@H]2CCS(=O)(=O)C2)c1. The van der Waals surface area contributed by atoms with Crippen molar-refractivity contribution in [2.45, 2.75) is 34.8 Å². The van der Waals surface area contributed by atoms with Crippen molar-refractivity contribution >= 4 is 29.7 Å². The first kappa shape index (κ1) is 22.9. The maximum atomic E-state index is 13.1. The Bertz CT molecular complexity index is 1210. The van der Waals surface area contributed by atoms with Gasteiger partial charge in [0.25, 0.3) is 0 Å². The van der Waals surface area contributed by atoms with Crippen LogP contribution < -0.4 is 0 Å². The van der Waals surface area contributed by atoms with Gasteiger partial charge in [-0.05, 0) is 48.7 Å². The minimum absolute atomic E-state index is 0.0225. The molecule has 0 aliphatic carbocycles. The van der Waals surface area contributed by atoms with Gasteiger partial charge in [0.2, 0.25) is 10.0 Å². The van der Waals surface area contributed by atoms with Crippen LogP contribution in [-0.2, 0) is 36.1 Å². The second kappa shape index (κ2) is 8.74. The lowest BCUT2D eigenvalue weighted by atomic mass is 10.2. The summed E-state index contributed by atoms with van der Waals surface area (Å²) in [5.41, 5.74) is 0.942. The van der Waals surface area contributed by atoms with E-state index in [-0.39, 0.29) is 35.1 Å².